The van der Waals surface area contributed by atoms with Crippen LogP contribution in [0.4, 0.5) is 10.1 Å². The van der Waals surface area contributed by atoms with Gasteiger partial charge in [-0.25, -0.2) is 17.5 Å². The Morgan fingerprint density at radius 1 is 1.03 bits per heavy atom. The quantitative estimate of drug-likeness (QED) is 0.558. The predicted molar refractivity (Wildman–Crippen MR) is 108 cm³/mol. The van der Waals surface area contributed by atoms with Crippen molar-refractivity contribution in [2.75, 3.05) is 4.72 Å². The number of fused-ring (bicyclic) bond motifs is 1. The summed E-state index contributed by atoms with van der Waals surface area (Å²) in [6.07, 6.45) is 1.38. The van der Waals surface area contributed by atoms with Gasteiger partial charge in [-0.15, -0.1) is 0 Å². The summed E-state index contributed by atoms with van der Waals surface area (Å²) in [7, 11) is -2.51. The van der Waals surface area contributed by atoms with E-state index in [1.165, 1.54) is 23.0 Å². The van der Waals surface area contributed by atoms with Crippen LogP contribution in [0.2, 0.25) is 0 Å². The molecule has 29 heavy (non-hydrogen) atoms. The summed E-state index contributed by atoms with van der Waals surface area (Å²) >= 11 is 0. The number of rotatable bonds is 4. The molecule has 2 aromatic carbocycles. The van der Waals surface area contributed by atoms with Crippen LogP contribution < -0.4 is 10.3 Å². The minimum Gasteiger partial charge on any atom is -0.283 e. The lowest BCUT2D eigenvalue weighted by atomic mass is 10.2. The molecule has 9 heteroatoms. The molecule has 0 unspecified atom stereocenters. The fourth-order valence-corrected chi connectivity index (χ4v) is 4.54. The number of anilines is 1. The molecule has 0 aliphatic rings. The fraction of sp³-hybridized carbons (Fsp3) is 0.100. The number of sulfonamides is 1. The van der Waals surface area contributed by atoms with Gasteiger partial charge >= 0.3 is 0 Å². The molecule has 0 aliphatic carbocycles. The Bertz CT molecular complexity index is 1390. The van der Waals surface area contributed by atoms with Crippen LogP contribution in [-0.4, -0.2) is 22.8 Å². The van der Waals surface area contributed by atoms with E-state index < -0.39 is 21.4 Å². The summed E-state index contributed by atoms with van der Waals surface area (Å²) < 4.78 is 45.5. The van der Waals surface area contributed by atoms with Crippen molar-refractivity contribution in [3.8, 4) is 5.69 Å². The first-order valence-corrected chi connectivity index (χ1v) is 10.2. The first-order chi connectivity index (χ1) is 13.8. The Kier molecular flexibility index (Phi) is 4.46. The maximum Gasteiger partial charge on any atom is 0.296 e. The smallest absolute Gasteiger partial charge is 0.283 e. The number of benzene rings is 2. The number of hydrogen-bond donors (Lipinski definition) is 1. The largest absolute Gasteiger partial charge is 0.296 e. The highest BCUT2D eigenvalue weighted by atomic mass is 32.2. The Morgan fingerprint density at radius 2 is 1.76 bits per heavy atom. The third kappa shape index (κ3) is 3.09. The van der Waals surface area contributed by atoms with Crippen LogP contribution in [0.15, 0.2) is 70.5 Å². The standard InChI is InChI=1S/C20H17FN4O3S/c1-13-18(20(26)25(24(13)2)14-7-4-3-5-8-14)23-29(27,28)17-11-10-16(21)19-15(17)9-6-12-22-19/h3-12,23H,1-2H3. The summed E-state index contributed by atoms with van der Waals surface area (Å²) in [6, 6.07) is 14.1. The third-order valence-corrected chi connectivity index (χ3v) is 6.17. The van der Waals surface area contributed by atoms with Gasteiger partial charge in [0.2, 0.25) is 0 Å². The Morgan fingerprint density at radius 3 is 2.48 bits per heavy atom. The number of para-hydroxylation sites is 1. The summed E-state index contributed by atoms with van der Waals surface area (Å²) in [6.45, 7) is 1.64. The van der Waals surface area contributed by atoms with Crippen molar-refractivity contribution in [2.45, 2.75) is 11.8 Å². The molecule has 0 amide bonds. The van der Waals surface area contributed by atoms with Gasteiger partial charge in [0.1, 0.15) is 17.0 Å². The van der Waals surface area contributed by atoms with Gasteiger partial charge in [0.15, 0.2) is 0 Å². The van der Waals surface area contributed by atoms with Crippen molar-refractivity contribution in [1.82, 2.24) is 14.3 Å². The number of hydrogen-bond acceptors (Lipinski definition) is 4. The molecule has 4 rings (SSSR count). The van der Waals surface area contributed by atoms with Crippen molar-refractivity contribution in [3.05, 3.63) is 82.7 Å². The van der Waals surface area contributed by atoms with Crippen LogP contribution in [0.5, 0.6) is 0 Å². The average molecular weight is 412 g/mol. The number of nitrogens with zero attached hydrogens (tertiary/aromatic N) is 3. The van der Waals surface area contributed by atoms with E-state index >= 15 is 0 Å². The fourth-order valence-electron chi connectivity index (χ4n) is 3.22. The molecular weight excluding hydrogens is 395 g/mol. The van der Waals surface area contributed by atoms with E-state index in [4.69, 9.17) is 0 Å². The van der Waals surface area contributed by atoms with E-state index in [1.54, 1.807) is 42.9 Å². The van der Waals surface area contributed by atoms with E-state index in [9.17, 15) is 17.6 Å². The zero-order valence-electron chi connectivity index (χ0n) is 15.6. The van der Waals surface area contributed by atoms with E-state index in [0.29, 0.717) is 11.4 Å². The normalized spacial score (nSPS) is 11.7. The van der Waals surface area contributed by atoms with E-state index in [0.717, 1.165) is 12.1 Å². The maximum atomic E-state index is 14.0. The van der Waals surface area contributed by atoms with Crippen LogP contribution in [0.3, 0.4) is 0 Å². The van der Waals surface area contributed by atoms with Gasteiger partial charge in [-0.2, -0.15) is 0 Å². The molecule has 7 nitrogen and oxygen atoms in total. The first-order valence-electron chi connectivity index (χ1n) is 8.71. The SMILES string of the molecule is Cc1c(NS(=O)(=O)c2ccc(F)c3ncccc23)c(=O)n(-c2ccccc2)n1C. The Hall–Kier alpha value is -3.46. The van der Waals surface area contributed by atoms with Gasteiger partial charge < -0.3 is 0 Å². The second kappa shape index (κ2) is 6.85. The molecule has 148 valence electrons. The van der Waals surface area contributed by atoms with Gasteiger partial charge in [-0.1, -0.05) is 18.2 Å². The molecule has 4 aromatic rings. The number of nitrogens with one attached hydrogen (secondary N) is 1. The molecule has 0 atom stereocenters. The van der Waals surface area contributed by atoms with Crippen molar-refractivity contribution in [1.29, 1.82) is 0 Å². The Labute approximate surface area is 166 Å². The second-order valence-corrected chi connectivity index (χ2v) is 8.14. The molecule has 0 radical (unpaired) electrons. The summed E-state index contributed by atoms with van der Waals surface area (Å²) in [5.74, 6) is -0.623. The highest BCUT2D eigenvalue weighted by molar-refractivity contribution is 7.93. The van der Waals surface area contributed by atoms with E-state index in [2.05, 4.69) is 9.71 Å². The first kappa shape index (κ1) is 18.9. The van der Waals surface area contributed by atoms with Gasteiger partial charge in [0.05, 0.1) is 16.3 Å². The molecule has 0 bridgehead atoms. The molecule has 0 saturated heterocycles. The van der Waals surface area contributed by atoms with E-state index in [1.807, 2.05) is 6.07 Å². The molecule has 0 fully saturated rings. The average Bonchev–Trinajstić information content (AvgIpc) is 2.92. The minimum atomic E-state index is -4.17. The molecule has 0 aliphatic heterocycles. The number of pyridine rings is 1. The summed E-state index contributed by atoms with van der Waals surface area (Å²) in [5, 5.41) is 0.136. The van der Waals surface area contributed by atoms with Crippen molar-refractivity contribution in [3.63, 3.8) is 0 Å². The second-order valence-electron chi connectivity index (χ2n) is 6.49. The van der Waals surface area contributed by atoms with Crippen molar-refractivity contribution < 1.29 is 12.8 Å². The zero-order chi connectivity index (χ0) is 20.8. The lowest BCUT2D eigenvalue weighted by molar-refractivity contribution is 0.601. The molecule has 2 heterocycles. The van der Waals surface area contributed by atoms with Gasteiger partial charge in [-0.3, -0.25) is 19.2 Å². The van der Waals surface area contributed by atoms with Gasteiger partial charge in [-0.05, 0) is 43.3 Å². The number of aromatic nitrogens is 3. The van der Waals surface area contributed by atoms with Crippen LogP contribution in [-0.2, 0) is 17.1 Å². The minimum absolute atomic E-state index is 0.0538. The number of halogens is 1. The Balaban J connectivity index is 1.86. The third-order valence-electron chi connectivity index (χ3n) is 4.76. The highest BCUT2D eigenvalue weighted by Crippen LogP contribution is 2.26. The summed E-state index contributed by atoms with van der Waals surface area (Å²) in [5.41, 5.74) is 0.404. The van der Waals surface area contributed by atoms with Gasteiger partial charge in [0.25, 0.3) is 15.6 Å². The molecule has 0 spiro atoms. The van der Waals surface area contributed by atoms with Crippen molar-refractivity contribution >= 4 is 26.6 Å². The summed E-state index contributed by atoms with van der Waals surface area (Å²) in [4.78, 5) is 16.7. The molecule has 2 aromatic heterocycles. The van der Waals surface area contributed by atoms with Crippen LogP contribution in [0.1, 0.15) is 5.69 Å². The van der Waals surface area contributed by atoms with Crippen LogP contribution in [0.25, 0.3) is 16.6 Å². The molecule has 1 N–H and O–H groups in total. The zero-order valence-corrected chi connectivity index (χ0v) is 16.4. The van der Waals surface area contributed by atoms with Crippen LogP contribution >= 0.6 is 0 Å². The molecule has 0 saturated carbocycles. The maximum absolute atomic E-state index is 14.0. The lowest BCUT2D eigenvalue weighted by Gasteiger charge is -2.10. The lowest BCUT2D eigenvalue weighted by Crippen LogP contribution is -2.23. The van der Waals surface area contributed by atoms with Crippen LogP contribution in [0, 0.1) is 12.7 Å². The molecular formula is C20H17FN4O3S. The van der Waals surface area contributed by atoms with Gasteiger partial charge in [0, 0.05) is 18.6 Å². The predicted octanol–water partition coefficient (Wildman–Crippen LogP) is 2.97. The van der Waals surface area contributed by atoms with Crippen molar-refractivity contribution in [2.24, 2.45) is 7.05 Å². The highest BCUT2D eigenvalue weighted by Gasteiger charge is 2.24. The topological polar surface area (TPSA) is 86.0 Å². The monoisotopic (exact) mass is 412 g/mol. The van der Waals surface area contributed by atoms with E-state index in [-0.39, 0.29) is 21.5 Å².